The lowest BCUT2D eigenvalue weighted by Crippen LogP contribution is -2.06. The Morgan fingerprint density at radius 2 is 2.00 bits per heavy atom. The number of aromatic nitrogens is 2. The van der Waals surface area contributed by atoms with Crippen molar-refractivity contribution in [2.24, 2.45) is 0 Å². The molecule has 0 saturated carbocycles. The summed E-state index contributed by atoms with van der Waals surface area (Å²) in [6.45, 7) is 3.78. The smallest absolute Gasteiger partial charge is 0.312 e. The molecule has 0 aliphatic rings. The largest absolute Gasteiger partial charge is 0.406 e. The average Bonchev–Trinajstić information content (AvgIpc) is 2.78. The Morgan fingerprint density at radius 3 is 2.65 bits per heavy atom. The standard InChI is InChI=1S/C13H14N2O2/c1-3-13(16)17-12-8-9-15(14-12)11-6-4-10(2)5-7-11/h4-9H,3H2,1-2H3. The normalized spacial score (nSPS) is 10.2. The molecule has 0 aliphatic carbocycles. The van der Waals surface area contributed by atoms with Crippen molar-refractivity contribution in [2.75, 3.05) is 0 Å². The molecule has 4 heteroatoms. The van der Waals surface area contributed by atoms with Gasteiger partial charge in [0.1, 0.15) is 0 Å². The molecular formula is C13H14N2O2. The molecule has 0 atom stereocenters. The van der Waals surface area contributed by atoms with Crippen molar-refractivity contribution >= 4 is 5.97 Å². The van der Waals surface area contributed by atoms with Crippen LogP contribution in [0.2, 0.25) is 0 Å². The Bertz CT molecular complexity index is 514. The predicted molar refractivity (Wildman–Crippen MR) is 64.2 cm³/mol. The molecule has 0 bridgehead atoms. The van der Waals surface area contributed by atoms with E-state index in [4.69, 9.17) is 4.74 Å². The summed E-state index contributed by atoms with van der Waals surface area (Å²) < 4.78 is 6.70. The van der Waals surface area contributed by atoms with Crippen molar-refractivity contribution in [3.63, 3.8) is 0 Å². The summed E-state index contributed by atoms with van der Waals surface area (Å²) >= 11 is 0. The SMILES string of the molecule is CCC(=O)Oc1ccn(-c2ccc(C)cc2)n1. The summed E-state index contributed by atoms with van der Waals surface area (Å²) in [6, 6.07) is 9.62. The third-order valence-electron chi connectivity index (χ3n) is 2.37. The van der Waals surface area contributed by atoms with Gasteiger partial charge in [0.05, 0.1) is 5.69 Å². The summed E-state index contributed by atoms with van der Waals surface area (Å²) in [6.07, 6.45) is 2.11. The van der Waals surface area contributed by atoms with Gasteiger partial charge in [-0.1, -0.05) is 24.6 Å². The number of nitrogens with zero attached hydrogens (tertiary/aromatic N) is 2. The van der Waals surface area contributed by atoms with E-state index in [9.17, 15) is 4.79 Å². The summed E-state index contributed by atoms with van der Waals surface area (Å²) in [5.74, 6) is 0.0524. The Balaban J connectivity index is 2.18. The van der Waals surface area contributed by atoms with E-state index in [-0.39, 0.29) is 5.97 Å². The number of esters is 1. The van der Waals surface area contributed by atoms with E-state index in [1.807, 2.05) is 31.2 Å². The number of carbonyl (C=O) groups is 1. The van der Waals surface area contributed by atoms with Gasteiger partial charge >= 0.3 is 5.97 Å². The molecule has 0 saturated heterocycles. The lowest BCUT2D eigenvalue weighted by atomic mass is 10.2. The van der Waals surface area contributed by atoms with Crippen molar-refractivity contribution in [1.29, 1.82) is 0 Å². The van der Waals surface area contributed by atoms with Gasteiger partial charge in [-0.25, -0.2) is 4.68 Å². The highest BCUT2D eigenvalue weighted by atomic mass is 16.5. The maximum atomic E-state index is 11.1. The zero-order valence-corrected chi connectivity index (χ0v) is 9.88. The fraction of sp³-hybridized carbons (Fsp3) is 0.231. The number of carbonyl (C=O) groups excluding carboxylic acids is 1. The molecule has 17 heavy (non-hydrogen) atoms. The molecule has 0 unspecified atom stereocenters. The first-order valence-electron chi connectivity index (χ1n) is 5.52. The second-order valence-corrected chi connectivity index (χ2v) is 3.76. The van der Waals surface area contributed by atoms with E-state index in [0.29, 0.717) is 12.3 Å². The molecular weight excluding hydrogens is 216 g/mol. The van der Waals surface area contributed by atoms with E-state index in [1.54, 1.807) is 23.9 Å². The average molecular weight is 230 g/mol. The van der Waals surface area contributed by atoms with Gasteiger partial charge in [-0.3, -0.25) is 4.79 Å². The molecule has 0 amide bonds. The second-order valence-electron chi connectivity index (χ2n) is 3.76. The van der Waals surface area contributed by atoms with Crippen LogP contribution in [0.5, 0.6) is 5.88 Å². The lowest BCUT2D eigenvalue weighted by molar-refractivity contribution is -0.134. The molecule has 0 fully saturated rings. The van der Waals surface area contributed by atoms with Crippen LogP contribution in [0, 0.1) is 6.92 Å². The first kappa shape index (κ1) is 11.4. The van der Waals surface area contributed by atoms with Gasteiger partial charge in [0, 0.05) is 18.7 Å². The lowest BCUT2D eigenvalue weighted by Gasteiger charge is -2.01. The number of ether oxygens (including phenoxy) is 1. The topological polar surface area (TPSA) is 44.1 Å². The van der Waals surface area contributed by atoms with Gasteiger partial charge in [0.25, 0.3) is 0 Å². The van der Waals surface area contributed by atoms with Crippen molar-refractivity contribution in [3.8, 4) is 11.6 Å². The molecule has 4 nitrogen and oxygen atoms in total. The van der Waals surface area contributed by atoms with Crippen molar-refractivity contribution in [3.05, 3.63) is 42.1 Å². The molecule has 1 aromatic carbocycles. The third-order valence-corrected chi connectivity index (χ3v) is 2.37. The van der Waals surface area contributed by atoms with Gasteiger partial charge in [-0.15, -0.1) is 5.10 Å². The van der Waals surface area contributed by atoms with Crippen LogP contribution in [-0.2, 0) is 4.79 Å². The van der Waals surface area contributed by atoms with Crippen LogP contribution < -0.4 is 4.74 Å². The first-order chi connectivity index (χ1) is 8.19. The van der Waals surface area contributed by atoms with Gasteiger partial charge in [-0.2, -0.15) is 0 Å². The van der Waals surface area contributed by atoms with Gasteiger partial charge in [0.2, 0.25) is 5.88 Å². The molecule has 2 aromatic rings. The number of hydrogen-bond donors (Lipinski definition) is 0. The van der Waals surface area contributed by atoms with E-state index in [1.165, 1.54) is 5.56 Å². The number of benzene rings is 1. The minimum absolute atomic E-state index is 0.279. The first-order valence-corrected chi connectivity index (χ1v) is 5.52. The van der Waals surface area contributed by atoms with Gasteiger partial charge in [0.15, 0.2) is 0 Å². The quantitative estimate of drug-likeness (QED) is 0.761. The summed E-state index contributed by atoms with van der Waals surface area (Å²) in [4.78, 5) is 11.1. The maximum absolute atomic E-state index is 11.1. The van der Waals surface area contributed by atoms with E-state index in [0.717, 1.165) is 5.69 Å². The van der Waals surface area contributed by atoms with E-state index >= 15 is 0 Å². The van der Waals surface area contributed by atoms with E-state index in [2.05, 4.69) is 5.10 Å². The van der Waals surface area contributed by atoms with Crippen LogP contribution in [0.3, 0.4) is 0 Å². The van der Waals surface area contributed by atoms with Gasteiger partial charge in [-0.05, 0) is 19.1 Å². The van der Waals surface area contributed by atoms with Crippen LogP contribution in [0.4, 0.5) is 0 Å². The van der Waals surface area contributed by atoms with Crippen LogP contribution in [0.1, 0.15) is 18.9 Å². The van der Waals surface area contributed by atoms with Crippen molar-refractivity contribution in [1.82, 2.24) is 9.78 Å². The van der Waals surface area contributed by atoms with Crippen molar-refractivity contribution in [2.45, 2.75) is 20.3 Å². The zero-order chi connectivity index (χ0) is 12.3. The van der Waals surface area contributed by atoms with Crippen LogP contribution in [0.25, 0.3) is 5.69 Å². The molecule has 0 aliphatic heterocycles. The highest BCUT2D eigenvalue weighted by Gasteiger charge is 2.05. The minimum atomic E-state index is -0.279. The monoisotopic (exact) mass is 230 g/mol. The fourth-order valence-electron chi connectivity index (χ4n) is 1.39. The van der Waals surface area contributed by atoms with E-state index < -0.39 is 0 Å². The zero-order valence-electron chi connectivity index (χ0n) is 9.88. The molecule has 1 heterocycles. The summed E-state index contributed by atoms with van der Waals surface area (Å²) in [7, 11) is 0. The highest BCUT2D eigenvalue weighted by Crippen LogP contribution is 2.13. The molecule has 88 valence electrons. The Hall–Kier alpha value is -2.10. The van der Waals surface area contributed by atoms with Crippen molar-refractivity contribution < 1.29 is 9.53 Å². The Labute approximate surface area is 99.8 Å². The molecule has 0 N–H and O–H groups in total. The predicted octanol–water partition coefficient (Wildman–Crippen LogP) is 2.50. The highest BCUT2D eigenvalue weighted by molar-refractivity contribution is 5.71. The molecule has 0 radical (unpaired) electrons. The molecule has 1 aromatic heterocycles. The second kappa shape index (κ2) is 4.82. The third kappa shape index (κ3) is 2.72. The summed E-state index contributed by atoms with van der Waals surface area (Å²) in [5, 5.41) is 4.17. The number of rotatable bonds is 3. The summed E-state index contributed by atoms with van der Waals surface area (Å²) in [5.41, 5.74) is 2.13. The van der Waals surface area contributed by atoms with Crippen LogP contribution in [0.15, 0.2) is 36.5 Å². The number of hydrogen-bond acceptors (Lipinski definition) is 3. The Morgan fingerprint density at radius 1 is 1.29 bits per heavy atom. The molecule has 2 rings (SSSR count). The number of aryl methyl sites for hydroxylation is 1. The molecule has 0 spiro atoms. The van der Waals surface area contributed by atoms with Gasteiger partial charge < -0.3 is 4.74 Å². The Kier molecular flexibility index (Phi) is 3.23. The van der Waals surface area contributed by atoms with Crippen LogP contribution in [-0.4, -0.2) is 15.7 Å². The minimum Gasteiger partial charge on any atom is -0.406 e. The van der Waals surface area contributed by atoms with Crippen LogP contribution >= 0.6 is 0 Å². The fourth-order valence-corrected chi connectivity index (χ4v) is 1.39. The maximum Gasteiger partial charge on any atom is 0.312 e.